The number of rotatable bonds is 6. The molecule has 1 rings (SSSR count). The first-order chi connectivity index (χ1) is 8.99. The number of aliphatic hydroxyl groups excluding tert-OH is 1. The van der Waals surface area contributed by atoms with Crippen LogP contribution in [0.3, 0.4) is 0 Å². The van der Waals surface area contributed by atoms with Crippen LogP contribution in [0.5, 0.6) is 0 Å². The zero-order valence-corrected chi connectivity index (χ0v) is 11.6. The second-order valence-electron chi connectivity index (χ2n) is 4.03. The number of thioether (sulfide) groups is 1. The van der Waals surface area contributed by atoms with Crippen LogP contribution in [-0.4, -0.2) is 34.8 Å². The smallest absolute Gasteiger partial charge is 0.283 e. The Balaban J connectivity index is 2.92. The molecule has 19 heavy (non-hydrogen) atoms. The maximum Gasteiger partial charge on any atom is 0.283 e. The summed E-state index contributed by atoms with van der Waals surface area (Å²) in [5.74, 6) is -0.378. The third-order valence-electron chi connectivity index (χ3n) is 2.58. The van der Waals surface area contributed by atoms with E-state index in [9.17, 15) is 14.9 Å². The van der Waals surface area contributed by atoms with Crippen LogP contribution in [0.2, 0.25) is 0 Å². The Morgan fingerprint density at radius 1 is 1.58 bits per heavy atom. The molecule has 0 aromatic heterocycles. The van der Waals surface area contributed by atoms with Crippen LogP contribution in [0.1, 0.15) is 23.7 Å². The molecule has 6 nitrogen and oxygen atoms in total. The molecule has 1 aromatic rings. The van der Waals surface area contributed by atoms with E-state index >= 15 is 0 Å². The second kappa shape index (κ2) is 7.10. The molecular weight excluding hydrogens is 268 g/mol. The number of aliphatic hydroxyl groups is 1. The number of amides is 1. The molecule has 104 valence electrons. The molecule has 2 N–H and O–H groups in total. The van der Waals surface area contributed by atoms with Crippen molar-refractivity contribution < 1.29 is 14.8 Å². The number of hydrogen-bond acceptors (Lipinski definition) is 5. The molecule has 0 aliphatic heterocycles. The fourth-order valence-electron chi connectivity index (χ4n) is 1.55. The van der Waals surface area contributed by atoms with Gasteiger partial charge in [0, 0.05) is 24.3 Å². The summed E-state index contributed by atoms with van der Waals surface area (Å²) in [5, 5.41) is 22.3. The van der Waals surface area contributed by atoms with Gasteiger partial charge in [-0.1, -0.05) is 0 Å². The number of nitro groups is 1. The van der Waals surface area contributed by atoms with Gasteiger partial charge in [0.1, 0.15) is 0 Å². The summed E-state index contributed by atoms with van der Waals surface area (Å²) < 4.78 is 0. The van der Waals surface area contributed by atoms with Gasteiger partial charge in [0.05, 0.1) is 9.82 Å². The predicted molar refractivity (Wildman–Crippen MR) is 73.5 cm³/mol. The maximum absolute atomic E-state index is 11.9. The SMILES string of the molecule is CSc1ccc(C(=O)NC(C)CCO)cc1[N+](=O)[O-]. The molecule has 0 aliphatic rings. The Labute approximate surface area is 115 Å². The van der Waals surface area contributed by atoms with Gasteiger partial charge in [-0.2, -0.15) is 0 Å². The monoisotopic (exact) mass is 284 g/mol. The number of nitrogens with zero attached hydrogens (tertiary/aromatic N) is 1. The summed E-state index contributed by atoms with van der Waals surface area (Å²) in [6.45, 7) is 1.74. The minimum Gasteiger partial charge on any atom is -0.396 e. The first-order valence-electron chi connectivity index (χ1n) is 5.73. The van der Waals surface area contributed by atoms with E-state index in [1.807, 2.05) is 0 Å². The number of carbonyl (C=O) groups is 1. The van der Waals surface area contributed by atoms with Crippen LogP contribution >= 0.6 is 11.8 Å². The average Bonchev–Trinajstić information content (AvgIpc) is 2.37. The third-order valence-corrected chi connectivity index (χ3v) is 3.36. The van der Waals surface area contributed by atoms with Crippen molar-refractivity contribution in [1.29, 1.82) is 0 Å². The van der Waals surface area contributed by atoms with E-state index in [0.717, 1.165) is 0 Å². The summed E-state index contributed by atoms with van der Waals surface area (Å²) in [6, 6.07) is 4.21. The minimum atomic E-state index is -0.500. The first-order valence-corrected chi connectivity index (χ1v) is 6.96. The van der Waals surface area contributed by atoms with Gasteiger partial charge in [-0.15, -0.1) is 11.8 Å². The van der Waals surface area contributed by atoms with Gasteiger partial charge in [-0.25, -0.2) is 0 Å². The lowest BCUT2D eigenvalue weighted by molar-refractivity contribution is -0.387. The van der Waals surface area contributed by atoms with E-state index in [1.165, 1.54) is 17.8 Å². The van der Waals surface area contributed by atoms with E-state index in [-0.39, 0.29) is 29.8 Å². The minimum absolute atomic E-state index is 0.0208. The Bertz CT molecular complexity index is 479. The number of hydrogen-bond donors (Lipinski definition) is 2. The van der Waals surface area contributed by atoms with Crippen LogP contribution in [0.4, 0.5) is 5.69 Å². The topological polar surface area (TPSA) is 92.5 Å². The highest BCUT2D eigenvalue weighted by atomic mass is 32.2. The van der Waals surface area contributed by atoms with Gasteiger partial charge in [0.2, 0.25) is 0 Å². The van der Waals surface area contributed by atoms with Crippen molar-refractivity contribution in [3.8, 4) is 0 Å². The van der Waals surface area contributed by atoms with Gasteiger partial charge in [0.25, 0.3) is 11.6 Å². The fourth-order valence-corrected chi connectivity index (χ4v) is 2.09. The summed E-state index contributed by atoms with van der Waals surface area (Å²) in [4.78, 5) is 22.8. The first kappa shape index (κ1) is 15.5. The Kier molecular flexibility index (Phi) is 5.78. The van der Waals surface area contributed by atoms with Crippen LogP contribution in [0, 0.1) is 10.1 Å². The van der Waals surface area contributed by atoms with Gasteiger partial charge in [0.15, 0.2) is 0 Å². The molecule has 1 aromatic carbocycles. The predicted octanol–water partition coefficient (Wildman–Crippen LogP) is 1.82. The summed E-state index contributed by atoms with van der Waals surface area (Å²) in [7, 11) is 0. The van der Waals surface area contributed by atoms with Crippen molar-refractivity contribution in [3.63, 3.8) is 0 Å². The fraction of sp³-hybridized carbons (Fsp3) is 0.417. The molecule has 1 amide bonds. The summed E-state index contributed by atoms with van der Waals surface area (Å²) >= 11 is 1.26. The lowest BCUT2D eigenvalue weighted by Crippen LogP contribution is -2.33. The van der Waals surface area contributed by atoms with E-state index in [1.54, 1.807) is 25.3 Å². The molecule has 1 unspecified atom stereocenters. The molecule has 0 radical (unpaired) electrons. The van der Waals surface area contributed by atoms with Crippen molar-refractivity contribution in [2.75, 3.05) is 12.9 Å². The zero-order chi connectivity index (χ0) is 14.4. The number of carbonyl (C=O) groups excluding carboxylic acids is 1. The van der Waals surface area contributed by atoms with Gasteiger partial charge >= 0.3 is 0 Å². The van der Waals surface area contributed by atoms with Gasteiger partial charge in [-0.3, -0.25) is 14.9 Å². The molecule has 7 heteroatoms. The molecule has 0 heterocycles. The molecule has 0 bridgehead atoms. The third kappa shape index (κ3) is 4.22. The summed E-state index contributed by atoms with van der Waals surface area (Å²) in [5.41, 5.74) is 0.171. The Morgan fingerprint density at radius 3 is 2.79 bits per heavy atom. The lowest BCUT2D eigenvalue weighted by atomic mass is 10.1. The van der Waals surface area contributed by atoms with Crippen molar-refractivity contribution >= 4 is 23.4 Å². The molecule has 0 aliphatic carbocycles. The highest BCUT2D eigenvalue weighted by Crippen LogP contribution is 2.28. The molecule has 0 spiro atoms. The van der Waals surface area contributed by atoms with Crippen LogP contribution in [-0.2, 0) is 0 Å². The molecule has 0 fully saturated rings. The van der Waals surface area contributed by atoms with Crippen molar-refractivity contribution in [1.82, 2.24) is 5.32 Å². The second-order valence-corrected chi connectivity index (χ2v) is 4.88. The van der Waals surface area contributed by atoms with E-state index in [0.29, 0.717) is 11.3 Å². The molecule has 0 saturated heterocycles. The van der Waals surface area contributed by atoms with Crippen molar-refractivity contribution in [2.45, 2.75) is 24.3 Å². The van der Waals surface area contributed by atoms with Gasteiger partial charge in [-0.05, 0) is 31.7 Å². The molecule has 0 saturated carbocycles. The molecular formula is C12H16N2O4S. The van der Waals surface area contributed by atoms with E-state index in [2.05, 4.69) is 5.32 Å². The Morgan fingerprint density at radius 2 is 2.26 bits per heavy atom. The molecule has 1 atom stereocenters. The van der Waals surface area contributed by atoms with Crippen molar-refractivity contribution in [3.05, 3.63) is 33.9 Å². The van der Waals surface area contributed by atoms with Crippen molar-refractivity contribution in [2.24, 2.45) is 0 Å². The lowest BCUT2D eigenvalue weighted by Gasteiger charge is -2.12. The largest absolute Gasteiger partial charge is 0.396 e. The van der Waals surface area contributed by atoms with Crippen LogP contribution < -0.4 is 5.32 Å². The van der Waals surface area contributed by atoms with Crippen LogP contribution in [0.15, 0.2) is 23.1 Å². The maximum atomic E-state index is 11.9. The number of benzene rings is 1. The summed E-state index contributed by atoms with van der Waals surface area (Å²) in [6.07, 6.45) is 2.18. The zero-order valence-electron chi connectivity index (χ0n) is 10.8. The number of nitrogens with one attached hydrogen (secondary N) is 1. The average molecular weight is 284 g/mol. The van der Waals surface area contributed by atoms with E-state index < -0.39 is 4.92 Å². The van der Waals surface area contributed by atoms with Crippen LogP contribution in [0.25, 0.3) is 0 Å². The normalized spacial score (nSPS) is 11.9. The van der Waals surface area contributed by atoms with Gasteiger partial charge < -0.3 is 10.4 Å². The van der Waals surface area contributed by atoms with E-state index in [4.69, 9.17) is 5.11 Å². The number of nitro benzene ring substituents is 1. The quantitative estimate of drug-likeness (QED) is 0.472. The Hall–Kier alpha value is -1.60. The highest BCUT2D eigenvalue weighted by Gasteiger charge is 2.17. The highest BCUT2D eigenvalue weighted by molar-refractivity contribution is 7.98. The standard InChI is InChI=1S/C12H16N2O4S/c1-8(5-6-15)13-12(16)9-3-4-11(19-2)10(7-9)14(17)18/h3-4,7-8,15H,5-6H2,1-2H3,(H,13,16).